The topological polar surface area (TPSA) is 77.8 Å². The van der Waals surface area contributed by atoms with Gasteiger partial charge in [0.15, 0.2) is 5.82 Å². The van der Waals surface area contributed by atoms with E-state index in [9.17, 15) is 0 Å². The second-order valence-corrected chi connectivity index (χ2v) is 5.50. The number of rotatable bonds is 2. The number of aromatic nitrogens is 3. The molecule has 0 radical (unpaired) electrons. The summed E-state index contributed by atoms with van der Waals surface area (Å²) >= 11 is 0. The van der Waals surface area contributed by atoms with Crippen LogP contribution in [0, 0.1) is 5.92 Å². The van der Waals surface area contributed by atoms with Gasteiger partial charge in [-0.25, -0.2) is 0 Å². The first-order valence-electron chi connectivity index (χ1n) is 6.71. The molecule has 1 aliphatic rings. The van der Waals surface area contributed by atoms with Gasteiger partial charge in [0.05, 0.1) is 5.54 Å². The summed E-state index contributed by atoms with van der Waals surface area (Å²) in [6, 6.07) is 3.70. The molecule has 1 fully saturated rings. The third-order valence-corrected chi connectivity index (χ3v) is 3.97. The molecule has 1 saturated carbocycles. The smallest absolute Gasteiger partial charge is 0.258 e. The maximum absolute atomic E-state index is 6.44. The average molecular weight is 258 g/mol. The van der Waals surface area contributed by atoms with Crippen LogP contribution in [0.3, 0.4) is 0 Å². The molecule has 2 N–H and O–H groups in total. The van der Waals surface area contributed by atoms with E-state index in [-0.39, 0.29) is 0 Å². The van der Waals surface area contributed by atoms with Crippen molar-refractivity contribution in [2.24, 2.45) is 11.7 Å². The standard InChI is InChI=1S/C14H18N4O/c1-10-2-6-14(15,7-3-10)13-17-12(19-18-13)11-4-8-16-9-5-11/h4-5,8-10H,2-3,6-7,15H2,1H3. The van der Waals surface area contributed by atoms with Crippen LogP contribution in [0.5, 0.6) is 0 Å². The van der Waals surface area contributed by atoms with Gasteiger partial charge in [-0.2, -0.15) is 4.98 Å². The second kappa shape index (κ2) is 4.74. The second-order valence-electron chi connectivity index (χ2n) is 5.50. The zero-order chi connectivity index (χ0) is 13.3. The van der Waals surface area contributed by atoms with E-state index in [1.54, 1.807) is 12.4 Å². The van der Waals surface area contributed by atoms with Gasteiger partial charge in [0.2, 0.25) is 0 Å². The lowest BCUT2D eigenvalue weighted by atomic mass is 9.77. The fraction of sp³-hybridized carbons (Fsp3) is 0.500. The molecule has 0 unspecified atom stereocenters. The zero-order valence-corrected chi connectivity index (χ0v) is 11.0. The Morgan fingerprint density at radius 2 is 1.95 bits per heavy atom. The predicted octanol–water partition coefficient (Wildman–Crippen LogP) is 2.50. The summed E-state index contributed by atoms with van der Waals surface area (Å²) in [5.41, 5.74) is 6.88. The van der Waals surface area contributed by atoms with Gasteiger partial charge in [-0.3, -0.25) is 4.98 Å². The monoisotopic (exact) mass is 258 g/mol. The fourth-order valence-corrected chi connectivity index (χ4v) is 2.54. The van der Waals surface area contributed by atoms with Gasteiger partial charge in [-0.15, -0.1) is 0 Å². The van der Waals surface area contributed by atoms with Crippen LogP contribution in [0.4, 0.5) is 0 Å². The lowest BCUT2D eigenvalue weighted by Gasteiger charge is -2.33. The van der Waals surface area contributed by atoms with E-state index in [1.165, 1.54) is 0 Å². The quantitative estimate of drug-likeness (QED) is 0.895. The summed E-state index contributed by atoms with van der Waals surface area (Å²) in [6.07, 6.45) is 7.50. The largest absolute Gasteiger partial charge is 0.334 e. The number of hydrogen-bond donors (Lipinski definition) is 1. The lowest BCUT2D eigenvalue weighted by Crippen LogP contribution is -2.41. The van der Waals surface area contributed by atoms with E-state index in [2.05, 4.69) is 22.0 Å². The van der Waals surface area contributed by atoms with Crippen LogP contribution in [0.1, 0.15) is 38.4 Å². The summed E-state index contributed by atoms with van der Waals surface area (Å²) in [7, 11) is 0. The Hall–Kier alpha value is -1.75. The van der Waals surface area contributed by atoms with Gasteiger partial charge in [-0.05, 0) is 43.7 Å². The van der Waals surface area contributed by atoms with Crippen LogP contribution in [-0.2, 0) is 5.54 Å². The Balaban J connectivity index is 1.85. The molecule has 19 heavy (non-hydrogen) atoms. The Morgan fingerprint density at radius 3 is 2.63 bits per heavy atom. The first-order chi connectivity index (χ1) is 9.17. The van der Waals surface area contributed by atoms with Crippen molar-refractivity contribution in [3.8, 4) is 11.5 Å². The van der Waals surface area contributed by atoms with Gasteiger partial charge in [-0.1, -0.05) is 12.1 Å². The summed E-state index contributed by atoms with van der Waals surface area (Å²) in [6.45, 7) is 2.26. The normalized spacial score (nSPS) is 27.4. The van der Waals surface area contributed by atoms with E-state index >= 15 is 0 Å². The van der Waals surface area contributed by atoms with Gasteiger partial charge >= 0.3 is 0 Å². The molecule has 100 valence electrons. The summed E-state index contributed by atoms with van der Waals surface area (Å²) in [5.74, 6) is 1.88. The van der Waals surface area contributed by atoms with E-state index in [0.29, 0.717) is 11.7 Å². The van der Waals surface area contributed by atoms with E-state index < -0.39 is 5.54 Å². The molecule has 2 aromatic heterocycles. The van der Waals surface area contributed by atoms with Crippen LogP contribution >= 0.6 is 0 Å². The van der Waals surface area contributed by atoms with Crippen LogP contribution in [-0.4, -0.2) is 15.1 Å². The van der Waals surface area contributed by atoms with Crippen molar-refractivity contribution >= 4 is 0 Å². The minimum atomic E-state index is -0.429. The van der Waals surface area contributed by atoms with E-state index in [1.807, 2.05) is 12.1 Å². The van der Waals surface area contributed by atoms with Crippen LogP contribution in [0.15, 0.2) is 29.0 Å². The summed E-state index contributed by atoms with van der Waals surface area (Å²) < 4.78 is 5.33. The highest BCUT2D eigenvalue weighted by Gasteiger charge is 2.36. The highest BCUT2D eigenvalue weighted by molar-refractivity contribution is 5.51. The predicted molar refractivity (Wildman–Crippen MR) is 71.0 cm³/mol. The number of hydrogen-bond acceptors (Lipinski definition) is 5. The molecular formula is C14H18N4O. The third kappa shape index (κ3) is 2.38. The summed E-state index contributed by atoms with van der Waals surface area (Å²) in [4.78, 5) is 8.45. The van der Waals surface area contributed by atoms with Gasteiger partial charge < -0.3 is 10.3 Å². The Morgan fingerprint density at radius 1 is 1.26 bits per heavy atom. The van der Waals surface area contributed by atoms with Gasteiger partial charge in [0.25, 0.3) is 5.89 Å². The maximum atomic E-state index is 6.44. The van der Waals surface area contributed by atoms with Gasteiger partial charge in [0.1, 0.15) is 0 Å². The van der Waals surface area contributed by atoms with Crippen molar-refractivity contribution in [1.29, 1.82) is 0 Å². The van der Waals surface area contributed by atoms with E-state index in [0.717, 1.165) is 37.2 Å². The number of pyridine rings is 1. The lowest BCUT2D eigenvalue weighted by molar-refractivity contribution is 0.230. The molecule has 0 bridgehead atoms. The first-order valence-corrected chi connectivity index (χ1v) is 6.71. The molecule has 0 atom stereocenters. The third-order valence-electron chi connectivity index (χ3n) is 3.97. The van der Waals surface area contributed by atoms with Gasteiger partial charge in [0, 0.05) is 18.0 Å². The molecule has 5 heteroatoms. The molecule has 2 aromatic rings. The Kier molecular flexibility index (Phi) is 3.06. The SMILES string of the molecule is CC1CCC(N)(c2noc(-c3ccncc3)n2)CC1. The molecule has 0 saturated heterocycles. The Labute approximate surface area is 112 Å². The average Bonchev–Trinajstić information content (AvgIpc) is 2.94. The molecular weight excluding hydrogens is 240 g/mol. The maximum Gasteiger partial charge on any atom is 0.258 e. The summed E-state index contributed by atoms with van der Waals surface area (Å²) in [5, 5.41) is 4.08. The molecule has 3 rings (SSSR count). The van der Waals surface area contributed by atoms with Crippen molar-refractivity contribution in [2.45, 2.75) is 38.1 Å². The van der Waals surface area contributed by atoms with Crippen LogP contribution in [0.2, 0.25) is 0 Å². The minimum absolute atomic E-state index is 0.429. The molecule has 0 aromatic carbocycles. The van der Waals surface area contributed by atoms with E-state index in [4.69, 9.17) is 10.3 Å². The van der Waals surface area contributed by atoms with Crippen molar-refractivity contribution < 1.29 is 4.52 Å². The molecule has 0 aliphatic heterocycles. The molecule has 0 amide bonds. The number of nitrogens with zero attached hydrogens (tertiary/aromatic N) is 3. The first kappa shape index (κ1) is 12.3. The Bertz CT molecular complexity index is 544. The van der Waals surface area contributed by atoms with Crippen LogP contribution in [0.25, 0.3) is 11.5 Å². The number of nitrogens with two attached hydrogens (primary N) is 1. The van der Waals surface area contributed by atoms with Crippen molar-refractivity contribution in [3.05, 3.63) is 30.4 Å². The van der Waals surface area contributed by atoms with Crippen molar-refractivity contribution in [1.82, 2.24) is 15.1 Å². The van der Waals surface area contributed by atoms with Crippen molar-refractivity contribution in [3.63, 3.8) is 0 Å². The highest BCUT2D eigenvalue weighted by atomic mass is 16.5. The molecule has 2 heterocycles. The molecule has 5 nitrogen and oxygen atoms in total. The van der Waals surface area contributed by atoms with Crippen LogP contribution < -0.4 is 5.73 Å². The zero-order valence-electron chi connectivity index (χ0n) is 11.0. The molecule has 0 spiro atoms. The highest BCUT2D eigenvalue weighted by Crippen LogP contribution is 2.36. The minimum Gasteiger partial charge on any atom is -0.334 e. The fourth-order valence-electron chi connectivity index (χ4n) is 2.54. The van der Waals surface area contributed by atoms with Crippen molar-refractivity contribution in [2.75, 3.05) is 0 Å². The molecule has 1 aliphatic carbocycles.